The second-order valence-corrected chi connectivity index (χ2v) is 4.30. The summed E-state index contributed by atoms with van der Waals surface area (Å²) in [6.07, 6.45) is 3.00. The number of hydrogen-bond acceptors (Lipinski definition) is 3. The molecule has 5 heteroatoms. The van der Waals surface area contributed by atoms with Gasteiger partial charge in [0, 0.05) is 12.6 Å². The molecule has 94 valence electrons. The van der Waals surface area contributed by atoms with E-state index < -0.39 is 5.97 Å². The van der Waals surface area contributed by atoms with Crippen molar-refractivity contribution in [2.24, 2.45) is 5.92 Å². The van der Waals surface area contributed by atoms with E-state index >= 15 is 0 Å². The smallest absolute Gasteiger partial charge is 0.338 e. The van der Waals surface area contributed by atoms with Crippen molar-refractivity contribution in [2.75, 3.05) is 6.54 Å². The maximum atomic E-state index is 11.5. The van der Waals surface area contributed by atoms with Gasteiger partial charge in [0.2, 0.25) is 0 Å². The van der Waals surface area contributed by atoms with Crippen molar-refractivity contribution in [3.05, 3.63) is 23.7 Å². The van der Waals surface area contributed by atoms with E-state index in [9.17, 15) is 9.59 Å². The minimum Gasteiger partial charge on any atom is -0.478 e. The highest BCUT2D eigenvalue weighted by molar-refractivity contribution is 5.95. The van der Waals surface area contributed by atoms with Crippen LogP contribution in [0.4, 0.5) is 0 Å². The highest BCUT2D eigenvalue weighted by Gasteiger charge is 2.13. The molecule has 0 saturated carbocycles. The fraction of sp³-hybridized carbons (Fsp3) is 0.500. The van der Waals surface area contributed by atoms with Gasteiger partial charge in [-0.05, 0) is 18.8 Å². The van der Waals surface area contributed by atoms with Gasteiger partial charge in [-0.2, -0.15) is 0 Å². The van der Waals surface area contributed by atoms with E-state index in [0.717, 1.165) is 19.1 Å². The Balaban J connectivity index is 2.39. The minimum atomic E-state index is -1.10. The van der Waals surface area contributed by atoms with Gasteiger partial charge in [-0.3, -0.25) is 4.79 Å². The van der Waals surface area contributed by atoms with Gasteiger partial charge in [-0.1, -0.05) is 13.8 Å². The summed E-state index contributed by atoms with van der Waals surface area (Å²) in [5, 5.41) is 11.3. The number of carboxylic acids is 1. The van der Waals surface area contributed by atoms with Crippen LogP contribution in [0, 0.1) is 5.92 Å². The molecule has 0 radical (unpaired) electrons. The molecule has 0 bridgehead atoms. The summed E-state index contributed by atoms with van der Waals surface area (Å²) >= 11 is 0. The summed E-state index contributed by atoms with van der Waals surface area (Å²) in [7, 11) is 0. The molecule has 5 nitrogen and oxygen atoms in total. The third-order valence-electron chi connectivity index (χ3n) is 2.31. The summed E-state index contributed by atoms with van der Waals surface area (Å²) in [6, 6.07) is 1.22. The van der Waals surface area contributed by atoms with Crippen LogP contribution in [0.3, 0.4) is 0 Å². The van der Waals surface area contributed by atoms with Crippen LogP contribution in [0.1, 0.15) is 47.6 Å². The molecule has 1 aromatic rings. The van der Waals surface area contributed by atoms with E-state index in [2.05, 4.69) is 19.2 Å². The fourth-order valence-electron chi connectivity index (χ4n) is 1.37. The lowest BCUT2D eigenvalue weighted by Gasteiger charge is -2.05. The number of rotatable bonds is 6. The molecule has 1 amide bonds. The van der Waals surface area contributed by atoms with E-state index in [1.807, 2.05) is 0 Å². The SMILES string of the molecule is CC(C)CCCNC(=O)c1cc(C(=O)O)co1. The van der Waals surface area contributed by atoms with Gasteiger partial charge in [0.15, 0.2) is 5.76 Å². The molecule has 0 aliphatic heterocycles. The average molecular weight is 239 g/mol. The number of carboxylic acid groups (broad SMARTS) is 1. The van der Waals surface area contributed by atoms with Crippen LogP contribution in [0.5, 0.6) is 0 Å². The fourth-order valence-corrected chi connectivity index (χ4v) is 1.37. The zero-order chi connectivity index (χ0) is 12.8. The van der Waals surface area contributed by atoms with Gasteiger partial charge in [-0.15, -0.1) is 0 Å². The van der Waals surface area contributed by atoms with E-state index in [1.54, 1.807) is 0 Å². The number of amides is 1. The maximum absolute atomic E-state index is 11.5. The van der Waals surface area contributed by atoms with Crippen molar-refractivity contribution in [3.63, 3.8) is 0 Å². The second-order valence-electron chi connectivity index (χ2n) is 4.30. The second kappa shape index (κ2) is 6.08. The molecule has 0 fully saturated rings. The Kier molecular flexibility index (Phi) is 4.75. The van der Waals surface area contributed by atoms with Crippen LogP contribution in [-0.4, -0.2) is 23.5 Å². The third-order valence-corrected chi connectivity index (χ3v) is 2.31. The quantitative estimate of drug-likeness (QED) is 0.745. The Hall–Kier alpha value is -1.78. The van der Waals surface area contributed by atoms with Crippen molar-refractivity contribution in [3.8, 4) is 0 Å². The molecular weight excluding hydrogens is 222 g/mol. The molecule has 17 heavy (non-hydrogen) atoms. The predicted molar refractivity (Wildman–Crippen MR) is 62.1 cm³/mol. The molecule has 0 aliphatic carbocycles. The van der Waals surface area contributed by atoms with E-state index in [0.29, 0.717) is 12.5 Å². The molecule has 0 atom stereocenters. The lowest BCUT2D eigenvalue weighted by atomic mass is 10.1. The number of furan rings is 1. The summed E-state index contributed by atoms with van der Waals surface area (Å²) in [6.45, 7) is 4.81. The topological polar surface area (TPSA) is 79.5 Å². The lowest BCUT2D eigenvalue weighted by molar-refractivity contribution is 0.0696. The number of nitrogens with one attached hydrogen (secondary N) is 1. The standard InChI is InChI=1S/C12H17NO4/c1-8(2)4-3-5-13-11(14)10-6-9(7-17-10)12(15)16/h6-8H,3-5H2,1-2H3,(H,13,14)(H,15,16). The summed E-state index contributed by atoms with van der Waals surface area (Å²) in [5.74, 6) is -0.838. The first-order valence-corrected chi connectivity index (χ1v) is 5.60. The van der Waals surface area contributed by atoms with Crippen molar-refractivity contribution in [1.82, 2.24) is 5.32 Å². The summed E-state index contributed by atoms with van der Waals surface area (Å²) in [4.78, 5) is 22.1. The van der Waals surface area contributed by atoms with Crippen LogP contribution in [-0.2, 0) is 0 Å². The summed E-state index contributed by atoms with van der Waals surface area (Å²) in [5.41, 5.74) is -0.0164. The first-order valence-electron chi connectivity index (χ1n) is 5.60. The largest absolute Gasteiger partial charge is 0.478 e. The molecule has 1 rings (SSSR count). The van der Waals surface area contributed by atoms with Crippen LogP contribution in [0.2, 0.25) is 0 Å². The third kappa shape index (κ3) is 4.30. The maximum Gasteiger partial charge on any atom is 0.338 e. The monoisotopic (exact) mass is 239 g/mol. The van der Waals surface area contributed by atoms with Crippen molar-refractivity contribution >= 4 is 11.9 Å². The van der Waals surface area contributed by atoms with Crippen molar-refractivity contribution < 1.29 is 19.1 Å². The highest BCUT2D eigenvalue weighted by Crippen LogP contribution is 2.08. The predicted octanol–water partition coefficient (Wildman–Crippen LogP) is 2.14. The van der Waals surface area contributed by atoms with Gasteiger partial charge in [0.05, 0.1) is 5.56 Å². The van der Waals surface area contributed by atoms with Gasteiger partial charge >= 0.3 is 5.97 Å². The van der Waals surface area contributed by atoms with E-state index in [1.165, 1.54) is 6.07 Å². The Bertz CT molecular complexity index is 395. The number of carbonyl (C=O) groups excluding carboxylic acids is 1. The molecule has 1 heterocycles. The molecule has 0 unspecified atom stereocenters. The molecule has 2 N–H and O–H groups in total. The Morgan fingerprint density at radius 1 is 1.47 bits per heavy atom. The van der Waals surface area contributed by atoms with Gasteiger partial charge < -0.3 is 14.8 Å². The Morgan fingerprint density at radius 2 is 2.18 bits per heavy atom. The van der Waals surface area contributed by atoms with E-state index in [4.69, 9.17) is 9.52 Å². The number of carbonyl (C=O) groups is 2. The van der Waals surface area contributed by atoms with Gasteiger partial charge in [0.25, 0.3) is 5.91 Å². The van der Waals surface area contributed by atoms with Gasteiger partial charge in [-0.25, -0.2) is 4.79 Å². The van der Waals surface area contributed by atoms with Crippen molar-refractivity contribution in [2.45, 2.75) is 26.7 Å². The molecule has 0 spiro atoms. The average Bonchev–Trinajstić information content (AvgIpc) is 2.73. The normalized spacial score (nSPS) is 10.5. The van der Waals surface area contributed by atoms with Crippen LogP contribution < -0.4 is 5.32 Å². The highest BCUT2D eigenvalue weighted by atomic mass is 16.4. The zero-order valence-corrected chi connectivity index (χ0v) is 10.0. The molecule has 0 aromatic carbocycles. The summed E-state index contributed by atoms with van der Waals surface area (Å²) < 4.78 is 4.87. The Morgan fingerprint density at radius 3 is 2.71 bits per heavy atom. The van der Waals surface area contributed by atoms with Crippen LogP contribution in [0.25, 0.3) is 0 Å². The first kappa shape index (κ1) is 13.3. The number of hydrogen-bond donors (Lipinski definition) is 2. The molecular formula is C12H17NO4. The van der Waals surface area contributed by atoms with Gasteiger partial charge in [0.1, 0.15) is 6.26 Å². The van der Waals surface area contributed by atoms with Crippen LogP contribution in [0.15, 0.2) is 16.7 Å². The Labute approximate surface area is 99.8 Å². The molecule has 0 saturated heterocycles. The lowest BCUT2D eigenvalue weighted by Crippen LogP contribution is -2.24. The van der Waals surface area contributed by atoms with E-state index in [-0.39, 0.29) is 17.2 Å². The molecule has 0 aliphatic rings. The zero-order valence-electron chi connectivity index (χ0n) is 10.0. The number of aromatic carboxylic acids is 1. The van der Waals surface area contributed by atoms with Crippen molar-refractivity contribution in [1.29, 1.82) is 0 Å². The van der Waals surface area contributed by atoms with Crippen LogP contribution >= 0.6 is 0 Å². The molecule has 1 aromatic heterocycles. The first-order chi connectivity index (χ1) is 8.00. The minimum absolute atomic E-state index is 0.0164.